The van der Waals surface area contributed by atoms with Crippen molar-refractivity contribution < 1.29 is 40.2 Å². The molecule has 7 rings (SSSR count). The number of hydrogen-bond acceptors (Lipinski definition) is 11. The number of ketones is 1. The molecule has 278 valence electrons. The lowest BCUT2D eigenvalue weighted by atomic mass is 9.41. The van der Waals surface area contributed by atoms with Gasteiger partial charge in [0.1, 0.15) is 6.10 Å². The van der Waals surface area contributed by atoms with E-state index in [0.29, 0.717) is 31.4 Å². The van der Waals surface area contributed by atoms with Crippen molar-refractivity contribution >= 4 is 5.78 Å². The Balaban J connectivity index is 1.40. The van der Waals surface area contributed by atoms with Gasteiger partial charge in [-0.05, 0) is 105 Å². The molecule has 2 aliphatic heterocycles. The van der Waals surface area contributed by atoms with Gasteiger partial charge < -0.3 is 51.7 Å². The summed E-state index contributed by atoms with van der Waals surface area (Å²) in [6.07, 6.45) is 7.26. The first-order chi connectivity index (χ1) is 23.5. The summed E-state index contributed by atoms with van der Waals surface area (Å²) < 4.78 is 6.05. The van der Waals surface area contributed by atoms with Crippen molar-refractivity contribution in [3.8, 4) is 0 Å². The van der Waals surface area contributed by atoms with Crippen molar-refractivity contribution in [2.24, 2.45) is 58.0 Å². The van der Waals surface area contributed by atoms with Crippen LogP contribution in [0.4, 0.5) is 0 Å². The first-order valence-electron chi connectivity index (χ1n) is 18.9. The van der Waals surface area contributed by atoms with Crippen LogP contribution in [0.2, 0.25) is 0 Å². The van der Waals surface area contributed by atoms with Crippen molar-refractivity contribution in [1.29, 1.82) is 0 Å². The highest BCUT2D eigenvalue weighted by molar-refractivity contribution is 6.00. The summed E-state index contributed by atoms with van der Waals surface area (Å²) in [5.74, 6) is -1.81. The Labute approximate surface area is 295 Å². The van der Waals surface area contributed by atoms with Gasteiger partial charge in [0, 0.05) is 36.6 Å². The fourth-order valence-electron chi connectivity index (χ4n) is 11.9. The molecule has 0 bridgehead atoms. The summed E-state index contributed by atoms with van der Waals surface area (Å²) >= 11 is 0. The van der Waals surface area contributed by atoms with Crippen molar-refractivity contribution in [3.05, 3.63) is 47.3 Å². The summed E-state index contributed by atoms with van der Waals surface area (Å²) in [6.45, 7) is 10.0. The molecular weight excluding hydrogens is 638 g/mol. The Kier molecular flexibility index (Phi) is 9.07. The summed E-state index contributed by atoms with van der Waals surface area (Å²) in [7, 11) is 0. The van der Waals surface area contributed by atoms with E-state index >= 15 is 0 Å². The topological polar surface area (TPSA) is 198 Å². The molecule has 0 aromatic carbocycles. The minimum Gasteiger partial charge on any atom is -0.392 e. The molecule has 1 spiro atoms. The van der Waals surface area contributed by atoms with E-state index in [-0.39, 0.29) is 73.0 Å². The third kappa shape index (κ3) is 5.24. The minimum absolute atomic E-state index is 0.0361. The quantitative estimate of drug-likeness (QED) is 0.174. The second-order valence-corrected chi connectivity index (χ2v) is 17.7. The van der Waals surface area contributed by atoms with Gasteiger partial charge in [-0.1, -0.05) is 39.0 Å². The van der Waals surface area contributed by atoms with Crippen molar-refractivity contribution in [2.75, 3.05) is 13.2 Å². The molecule has 17 atom stereocenters. The third-order valence-corrected chi connectivity index (χ3v) is 14.7. The molecule has 0 radical (unpaired) electrons. The van der Waals surface area contributed by atoms with Crippen LogP contribution in [0.1, 0.15) is 73.1 Å². The number of rotatable bonds is 7. The van der Waals surface area contributed by atoms with E-state index in [2.05, 4.69) is 29.7 Å². The number of nitrogens with one attached hydrogen (secondary N) is 2. The van der Waals surface area contributed by atoms with Gasteiger partial charge >= 0.3 is 0 Å². The van der Waals surface area contributed by atoms with Gasteiger partial charge in [-0.2, -0.15) is 0 Å². The van der Waals surface area contributed by atoms with Gasteiger partial charge in [0.05, 0.1) is 47.5 Å². The predicted octanol–water partition coefficient (Wildman–Crippen LogP) is 1.38. The summed E-state index contributed by atoms with van der Waals surface area (Å²) in [4.78, 5) is 15.0. The van der Waals surface area contributed by atoms with E-state index in [1.165, 1.54) is 0 Å². The number of fused-ring (bicyclic) bond motifs is 2. The lowest BCUT2D eigenvalue weighted by Gasteiger charge is -2.64. The van der Waals surface area contributed by atoms with Gasteiger partial charge in [-0.15, -0.1) is 0 Å². The maximum Gasteiger partial charge on any atom is 0.182 e. The fraction of sp³-hybridized carbons (Fsp3) is 0.769. The maximum absolute atomic E-state index is 15.0. The first kappa shape index (κ1) is 36.3. The van der Waals surface area contributed by atoms with Crippen LogP contribution in [0.25, 0.3) is 0 Å². The molecule has 0 aromatic rings. The second-order valence-electron chi connectivity index (χ2n) is 17.7. The van der Waals surface area contributed by atoms with E-state index < -0.39 is 64.4 Å². The smallest absolute Gasteiger partial charge is 0.182 e. The Morgan fingerprint density at radius 3 is 2.52 bits per heavy atom. The number of carbonyl (C=O) groups is 1. The molecule has 1 unspecified atom stereocenters. The van der Waals surface area contributed by atoms with Crippen LogP contribution < -0.4 is 16.4 Å². The molecule has 11 nitrogen and oxygen atoms in total. The molecule has 2 heterocycles. The van der Waals surface area contributed by atoms with Crippen molar-refractivity contribution in [2.45, 2.75) is 121 Å². The number of hydrogen-bond donors (Lipinski definition) is 9. The average Bonchev–Trinajstić information content (AvgIpc) is 3.48. The van der Waals surface area contributed by atoms with E-state index in [1.807, 2.05) is 32.2 Å². The van der Waals surface area contributed by atoms with Crippen LogP contribution in [0.3, 0.4) is 0 Å². The molecule has 50 heavy (non-hydrogen) atoms. The van der Waals surface area contributed by atoms with E-state index in [9.17, 15) is 35.4 Å². The SMILES string of the molecule is C[C@@H]1[C@H]([C@@H](O)[C@](C)(O)[C@H]2CC[C@@]3(O)C4=C(NC[C@H](C)O)C(=O)[C@@H]5C[C@@H](O)[C@@H](O)C[C@@]56C[C@@H](C5=CNC(N)C=C5)C=C[C@H](C[C@]23C)[C@@H]46)OC[C@H]1C. The monoisotopic (exact) mass is 697 g/mol. The molecule has 10 N–H and O–H groups in total. The largest absolute Gasteiger partial charge is 0.392 e. The molecule has 0 amide bonds. The lowest BCUT2D eigenvalue weighted by molar-refractivity contribution is -0.201. The number of aliphatic hydroxyl groups excluding tert-OH is 4. The number of Topliss-reactive ketones (excluding diaryl/α,β-unsaturated/α-hetero) is 1. The Morgan fingerprint density at radius 2 is 1.88 bits per heavy atom. The summed E-state index contributed by atoms with van der Waals surface area (Å²) in [5, 5.41) is 76.9. The minimum atomic E-state index is -1.62. The van der Waals surface area contributed by atoms with Gasteiger partial charge in [-0.3, -0.25) is 4.79 Å². The maximum atomic E-state index is 15.0. The molecular formula is C39H59N3O8. The highest BCUT2D eigenvalue weighted by atomic mass is 16.5. The van der Waals surface area contributed by atoms with Gasteiger partial charge in [0.25, 0.3) is 0 Å². The van der Waals surface area contributed by atoms with Crippen molar-refractivity contribution in [3.63, 3.8) is 0 Å². The van der Waals surface area contributed by atoms with Crippen LogP contribution in [-0.2, 0) is 9.53 Å². The van der Waals surface area contributed by atoms with Gasteiger partial charge in [0.15, 0.2) is 5.78 Å². The van der Waals surface area contributed by atoms with Crippen LogP contribution in [-0.4, -0.2) is 97.5 Å². The number of dihydropyridines is 1. The van der Waals surface area contributed by atoms with Crippen LogP contribution >= 0.6 is 0 Å². The van der Waals surface area contributed by atoms with Crippen LogP contribution in [0, 0.1) is 52.3 Å². The zero-order chi connectivity index (χ0) is 36.1. The molecule has 3 saturated carbocycles. The van der Waals surface area contributed by atoms with E-state index in [1.54, 1.807) is 13.8 Å². The second kappa shape index (κ2) is 12.5. The molecule has 7 aliphatic rings. The molecule has 0 aromatic heterocycles. The standard InChI is InChI=1S/C39H59N3O8/c1-19-18-50-34(21(19)3)35(47)37(5,48)28-10-11-39(49)31-30-23(13-36(28,39)4)7-6-22(24-8-9-29(40)41-17-24)14-38(30)15-27(45)26(44)12-25(38)33(46)32(31)42-16-20(2)43/h6-9,17,19-23,25-30,34-35,41-45,47-49H,10-16,18,40H2,1-5H3/t19-,20+,21+,22+,23-,25+,26-,27+,28+,29?,30+,34-,35-,36-,37-,38+,39-/m1/s1. The number of ether oxygens (including phenoxy) is 1. The Morgan fingerprint density at radius 1 is 1.14 bits per heavy atom. The molecule has 1 saturated heterocycles. The predicted molar refractivity (Wildman–Crippen MR) is 187 cm³/mol. The zero-order valence-electron chi connectivity index (χ0n) is 30.1. The number of allylic oxidation sites excluding steroid dienone is 5. The van der Waals surface area contributed by atoms with E-state index in [4.69, 9.17) is 10.5 Å². The highest BCUT2D eigenvalue weighted by Gasteiger charge is 2.73. The lowest BCUT2D eigenvalue weighted by Crippen LogP contribution is -2.67. The molecule has 4 fully saturated rings. The first-order valence-corrected chi connectivity index (χ1v) is 18.9. The molecule has 5 aliphatic carbocycles. The normalized spacial score (nSPS) is 49.2. The number of nitrogens with two attached hydrogens (primary N) is 1. The molecule has 11 heteroatoms. The number of carbonyl (C=O) groups excluding carboxylic acids is 1. The number of aliphatic hydroxyl groups is 6. The Hall–Kier alpha value is -2.09. The third-order valence-electron chi connectivity index (χ3n) is 14.7. The zero-order valence-corrected chi connectivity index (χ0v) is 30.1. The van der Waals surface area contributed by atoms with Crippen molar-refractivity contribution in [1.82, 2.24) is 10.6 Å². The Bertz CT molecular complexity index is 1490. The van der Waals surface area contributed by atoms with Gasteiger partial charge in [0.2, 0.25) is 0 Å². The van der Waals surface area contributed by atoms with Crippen LogP contribution in [0.15, 0.2) is 47.3 Å². The van der Waals surface area contributed by atoms with E-state index in [0.717, 1.165) is 5.57 Å². The average molecular weight is 698 g/mol. The highest BCUT2D eigenvalue weighted by Crippen LogP contribution is 2.72. The summed E-state index contributed by atoms with van der Waals surface area (Å²) in [6, 6.07) is 0. The fourth-order valence-corrected chi connectivity index (χ4v) is 11.9. The van der Waals surface area contributed by atoms with Crippen LogP contribution in [0.5, 0.6) is 0 Å². The summed E-state index contributed by atoms with van der Waals surface area (Å²) in [5.41, 5.74) is 3.04. The van der Waals surface area contributed by atoms with Gasteiger partial charge in [-0.25, -0.2) is 0 Å².